The molecule has 0 aromatic rings. The molecule has 164 valence electrons. The fourth-order valence-corrected chi connectivity index (χ4v) is 9.59. The van der Waals surface area contributed by atoms with Crippen LogP contribution >= 0.6 is 23.5 Å². The van der Waals surface area contributed by atoms with Crippen molar-refractivity contribution in [2.75, 3.05) is 11.5 Å². The van der Waals surface area contributed by atoms with Crippen molar-refractivity contribution in [2.24, 2.45) is 16.7 Å². The zero-order valence-corrected chi connectivity index (χ0v) is 21.9. The van der Waals surface area contributed by atoms with E-state index in [4.69, 9.17) is 0 Å². The Morgan fingerprint density at radius 2 is 1.61 bits per heavy atom. The molecular weight excluding hydrogens is 437 g/mol. The first-order chi connectivity index (χ1) is 14.7. The molecule has 0 bridgehead atoms. The molecule has 4 nitrogen and oxygen atoms in total. The van der Waals surface area contributed by atoms with Crippen LogP contribution in [0.3, 0.4) is 0 Å². The molecular formula is C24H32N4S2Si. The van der Waals surface area contributed by atoms with Crippen LogP contribution in [0.15, 0.2) is 22.4 Å². The van der Waals surface area contributed by atoms with Gasteiger partial charge in [0.1, 0.15) is 0 Å². The Bertz CT molecular complexity index is 884. The molecule has 1 fully saturated rings. The lowest BCUT2D eigenvalue weighted by atomic mass is 9.52. The highest BCUT2D eigenvalue weighted by molar-refractivity contribution is 8.17. The summed E-state index contributed by atoms with van der Waals surface area (Å²) in [6, 6.07) is 8.81. The third-order valence-electron chi connectivity index (χ3n) is 6.37. The number of hydrogen-bond acceptors (Lipinski definition) is 6. The van der Waals surface area contributed by atoms with Crippen molar-refractivity contribution in [3.63, 3.8) is 0 Å². The highest BCUT2D eigenvalue weighted by atomic mass is 32.2. The molecule has 2 rings (SSSR count). The van der Waals surface area contributed by atoms with Gasteiger partial charge < -0.3 is 0 Å². The van der Waals surface area contributed by atoms with E-state index in [-0.39, 0.29) is 4.58 Å². The van der Waals surface area contributed by atoms with Gasteiger partial charge in [-0.25, -0.2) is 0 Å². The highest BCUT2D eigenvalue weighted by Gasteiger charge is 2.63. The van der Waals surface area contributed by atoms with Crippen LogP contribution in [0, 0.1) is 62.1 Å². The van der Waals surface area contributed by atoms with Gasteiger partial charge >= 0.3 is 0 Å². The number of allylic oxidation sites excluding steroid dienone is 3. The van der Waals surface area contributed by atoms with E-state index in [9.17, 15) is 21.0 Å². The minimum atomic E-state index is -1.96. The fourth-order valence-electron chi connectivity index (χ4n) is 4.63. The Morgan fingerprint density at radius 3 is 2.06 bits per heavy atom. The number of thioether (sulfide) groups is 2. The molecule has 1 heterocycles. The Hall–Kier alpha value is -1.64. The third kappa shape index (κ3) is 4.47. The molecule has 1 unspecified atom stereocenters. The van der Waals surface area contributed by atoms with Gasteiger partial charge in [-0.15, -0.1) is 23.5 Å². The first-order valence-corrected chi connectivity index (χ1v) is 16.6. The molecule has 0 amide bonds. The van der Waals surface area contributed by atoms with Gasteiger partial charge in [-0.2, -0.15) is 21.0 Å². The molecule has 0 spiro atoms. The molecule has 0 saturated carbocycles. The number of hydrogen-bond donors (Lipinski definition) is 0. The number of nitriles is 4. The number of unbranched alkanes of at least 4 members (excludes halogenated alkanes) is 2. The number of nitrogens with zero attached hydrogens (tertiary/aromatic N) is 4. The van der Waals surface area contributed by atoms with E-state index < -0.39 is 24.8 Å². The average Bonchev–Trinajstić information content (AvgIpc) is 2.76. The van der Waals surface area contributed by atoms with E-state index in [0.717, 1.165) is 54.8 Å². The monoisotopic (exact) mass is 468 g/mol. The summed E-state index contributed by atoms with van der Waals surface area (Å²) in [4.78, 5) is 0. The third-order valence-corrected chi connectivity index (χ3v) is 11.7. The van der Waals surface area contributed by atoms with Crippen molar-refractivity contribution in [1.29, 1.82) is 21.0 Å². The molecule has 0 N–H and O–H groups in total. The smallest absolute Gasteiger partial charge is 0.196 e. The molecule has 1 aliphatic carbocycles. The quantitative estimate of drug-likeness (QED) is 0.323. The number of rotatable bonds is 6. The predicted molar refractivity (Wildman–Crippen MR) is 132 cm³/mol. The van der Waals surface area contributed by atoms with Gasteiger partial charge in [0, 0.05) is 5.92 Å². The van der Waals surface area contributed by atoms with Crippen molar-refractivity contribution in [3.05, 3.63) is 22.4 Å². The lowest BCUT2D eigenvalue weighted by Gasteiger charge is -2.46. The van der Waals surface area contributed by atoms with Gasteiger partial charge in [0.2, 0.25) is 5.41 Å². The standard InChI is InChI=1S/C24H32N4S2Si/c1-6-7-8-10-20(31(3,4)5)21-19(22-29-11-9-12-30-22)13-18(2)23(14-25,15-26)24(21,16-27)17-28/h13,18,22H,6-12H2,1-5H3/b21-20+. The first kappa shape index (κ1) is 25.6. The SMILES string of the molecule is CCCCC/C(=C1/C(C2SCCCS2)=CC(C)C(C#N)(C#N)C1(C#N)C#N)[Si](C)(C)C. The van der Waals surface area contributed by atoms with Crippen molar-refractivity contribution >= 4 is 31.6 Å². The maximum absolute atomic E-state index is 10.5. The fraction of sp³-hybridized carbons (Fsp3) is 0.667. The molecule has 31 heavy (non-hydrogen) atoms. The van der Waals surface area contributed by atoms with Crippen LogP contribution in [0.1, 0.15) is 46.0 Å². The van der Waals surface area contributed by atoms with Crippen LogP contribution in [0.25, 0.3) is 0 Å². The summed E-state index contributed by atoms with van der Waals surface area (Å²) in [7, 11) is -1.96. The normalized spacial score (nSPS) is 24.7. The molecule has 0 radical (unpaired) electrons. The van der Waals surface area contributed by atoms with Gasteiger partial charge in [0.25, 0.3) is 0 Å². The summed E-state index contributed by atoms with van der Waals surface area (Å²) < 4.78 is 0.139. The average molecular weight is 469 g/mol. The van der Waals surface area contributed by atoms with Crippen LogP contribution < -0.4 is 0 Å². The van der Waals surface area contributed by atoms with E-state index >= 15 is 0 Å². The molecule has 1 aliphatic heterocycles. The molecule has 0 aromatic heterocycles. The van der Waals surface area contributed by atoms with Crippen molar-refractivity contribution in [3.8, 4) is 24.3 Å². The van der Waals surface area contributed by atoms with Crippen molar-refractivity contribution in [2.45, 2.75) is 70.2 Å². The molecule has 0 aromatic carbocycles. The van der Waals surface area contributed by atoms with Crippen LogP contribution in [0.2, 0.25) is 19.6 Å². The van der Waals surface area contributed by atoms with Crippen LogP contribution in [0.4, 0.5) is 0 Å². The van der Waals surface area contributed by atoms with Gasteiger partial charge in [-0.1, -0.05) is 57.6 Å². The van der Waals surface area contributed by atoms with Crippen molar-refractivity contribution in [1.82, 2.24) is 0 Å². The maximum Gasteiger partial charge on any atom is 0.200 e. The van der Waals surface area contributed by atoms with E-state index in [1.807, 2.05) is 36.5 Å². The molecule has 2 aliphatic rings. The summed E-state index contributed by atoms with van der Waals surface area (Å²) in [5, 5.41) is 42.6. The minimum absolute atomic E-state index is 0.139. The Kier molecular flexibility index (Phi) is 8.52. The van der Waals surface area contributed by atoms with Gasteiger partial charge in [-0.3, -0.25) is 0 Å². The van der Waals surface area contributed by atoms with Gasteiger partial charge in [0.05, 0.1) is 36.9 Å². The summed E-state index contributed by atoms with van der Waals surface area (Å²) in [6.45, 7) is 10.7. The largest absolute Gasteiger partial charge is 0.200 e. The summed E-state index contributed by atoms with van der Waals surface area (Å²) >= 11 is 3.72. The summed E-state index contributed by atoms with van der Waals surface area (Å²) in [5.74, 6) is 1.59. The van der Waals surface area contributed by atoms with Gasteiger partial charge in [0.15, 0.2) is 5.41 Å². The molecule has 1 atom stereocenters. The Labute approximate surface area is 197 Å². The zero-order chi connectivity index (χ0) is 23.3. The second kappa shape index (κ2) is 10.3. The van der Waals surface area contributed by atoms with E-state index in [1.54, 1.807) is 0 Å². The first-order valence-electron chi connectivity index (χ1n) is 11.0. The lowest BCUT2D eigenvalue weighted by molar-refractivity contribution is 0.264. The topological polar surface area (TPSA) is 95.2 Å². The zero-order valence-electron chi connectivity index (χ0n) is 19.3. The second-order valence-electron chi connectivity index (χ2n) is 9.40. The van der Waals surface area contributed by atoms with Crippen LogP contribution in [-0.2, 0) is 0 Å². The Morgan fingerprint density at radius 1 is 1.03 bits per heavy atom. The summed E-state index contributed by atoms with van der Waals surface area (Å²) in [6.07, 6.45) is 7.18. The van der Waals surface area contributed by atoms with E-state index in [1.165, 1.54) is 5.20 Å². The highest BCUT2D eigenvalue weighted by Crippen LogP contribution is 2.59. The molecule has 1 saturated heterocycles. The van der Waals surface area contributed by atoms with Gasteiger partial charge in [-0.05, 0) is 41.9 Å². The van der Waals surface area contributed by atoms with E-state index in [2.05, 4.69) is 50.8 Å². The summed E-state index contributed by atoms with van der Waals surface area (Å²) in [5.41, 5.74) is -1.74. The lowest BCUT2D eigenvalue weighted by Crippen LogP contribution is -2.49. The second-order valence-corrected chi connectivity index (χ2v) is 17.2. The maximum atomic E-state index is 10.5. The van der Waals surface area contributed by atoms with E-state index in [0.29, 0.717) is 0 Å². The molecule has 7 heteroatoms. The van der Waals surface area contributed by atoms with Crippen molar-refractivity contribution < 1.29 is 0 Å². The predicted octanol–water partition coefficient (Wildman–Crippen LogP) is 6.58. The van der Waals surface area contributed by atoms with Crippen LogP contribution in [-0.4, -0.2) is 24.2 Å². The minimum Gasteiger partial charge on any atom is -0.196 e. The van der Waals surface area contributed by atoms with Crippen LogP contribution in [0.5, 0.6) is 0 Å². The Balaban J connectivity index is 2.96.